The summed E-state index contributed by atoms with van der Waals surface area (Å²) >= 11 is 0. The van der Waals surface area contributed by atoms with Crippen LogP contribution >= 0.6 is 0 Å². The van der Waals surface area contributed by atoms with Crippen LogP contribution in [0.1, 0.15) is 12.5 Å². The van der Waals surface area contributed by atoms with Crippen LogP contribution in [-0.4, -0.2) is 26.7 Å². The third-order valence-corrected chi connectivity index (χ3v) is 4.98. The van der Waals surface area contributed by atoms with Crippen molar-refractivity contribution < 1.29 is 13.2 Å². The van der Waals surface area contributed by atoms with Crippen LogP contribution in [0.2, 0.25) is 0 Å². The maximum absolute atomic E-state index is 12.4. The van der Waals surface area contributed by atoms with Gasteiger partial charge in [-0.05, 0) is 31.2 Å². The number of hydrazine groups is 1. The van der Waals surface area contributed by atoms with Gasteiger partial charge in [-0.15, -0.1) is 4.40 Å². The number of carbonyl (C=O) groups is 1. The van der Waals surface area contributed by atoms with Gasteiger partial charge in [-0.1, -0.05) is 36.9 Å². The molecule has 0 atom stereocenters. The summed E-state index contributed by atoms with van der Waals surface area (Å²) in [5.74, 6) is -0.140. The van der Waals surface area contributed by atoms with Crippen molar-refractivity contribution >= 4 is 27.5 Å². The second-order valence-electron chi connectivity index (χ2n) is 5.76. The van der Waals surface area contributed by atoms with Crippen molar-refractivity contribution in [1.29, 1.82) is 0 Å². The fourth-order valence-electron chi connectivity index (χ4n) is 2.54. The number of hydrogen-bond donors (Lipinski definition) is 2. The van der Waals surface area contributed by atoms with Gasteiger partial charge >= 0.3 is 0 Å². The van der Waals surface area contributed by atoms with E-state index in [9.17, 15) is 13.2 Å². The number of nitrogens with one attached hydrogen (secondary N) is 2. The Labute approximate surface area is 152 Å². The summed E-state index contributed by atoms with van der Waals surface area (Å²) < 4.78 is 28.6. The first kappa shape index (κ1) is 17.7. The predicted octanol–water partition coefficient (Wildman–Crippen LogP) is 1.80. The molecule has 2 aromatic rings. The first-order valence-electron chi connectivity index (χ1n) is 7.86. The molecule has 0 aromatic heterocycles. The first-order chi connectivity index (χ1) is 12.4. The molecule has 0 saturated heterocycles. The number of benzene rings is 2. The Bertz CT molecular complexity index is 985. The van der Waals surface area contributed by atoms with E-state index < -0.39 is 10.0 Å². The Balaban J connectivity index is 2.00. The maximum atomic E-state index is 12.4. The second-order valence-corrected chi connectivity index (χ2v) is 7.33. The van der Waals surface area contributed by atoms with Gasteiger partial charge in [-0.3, -0.25) is 10.2 Å². The third kappa shape index (κ3) is 3.60. The van der Waals surface area contributed by atoms with E-state index in [1.807, 2.05) is 18.2 Å². The number of carbonyl (C=O) groups excluding carboxylic acids is 1. The van der Waals surface area contributed by atoms with Crippen molar-refractivity contribution in [2.75, 3.05) is 11.4 Å². The number of hydrogen-bond acceptors (Lipinski definition) is 5. The molecule has 0 unspecified atom stereocenters. The molecule has 1 amide bonds. The van der Waals surface area contributed by atoms with Crippen molar-refractivity contribution in [2.45, 2.75) is 11.8 Å². The molecule has 2 aromatic carbocycles. The lowest BCUT2D eigenvalue weighted by Gasteiger charge is -2.24. The molecule has 7 nitrogen and oxygen atoms in total. The van der Waals surface area contributed by atoms with Gasteiger partial charge in [0.25, 0.3) is 15.9 Å². The first-order valence-corrected chi connectivity index (χ1v) is 9.30. The molecule has 1 aliphatic rings. The van der Waals surface area contributed by atoms with E-state index in [4.69, 9.17) is 0 Å². The molecule has 0 fully saturated rings. The summed E-state index contributed by atoms with van der Waals surface area (Å²) in [6, 6.07) is 15.6. The van der Waals surface area contributed by atoms with E-state index in [2.05, 4.69) is 21.8 Å². The Kier molecular flexibility index (Phi) is 4.77. The smallest absolute Gasteiger partial charge is 0.285 e. The molecule has 26 heavy (non-hydrogen) atoms. The van der Waals surface area contributed by atoms with Gasteiger partial charge < -0.3 is 10.3 Å². The van der Waals surface area contributed by atoms with Gasteiger partial charge in [-0.2, -0.15) is 8.42 Å². The van der Waals surface area contributed by atoms with Crippen LogP contribution < -0.4 is 15.8 Å². The average molecular weight is 370 g/mol. The van der Waals surface area contributed by atoms with Crippen molar-refractivity contribution in [2.24, 2.45) is 4.40 Å². The predicted molar refractivity (Wildman–Crippen MR) is 100 cm³/mol. The van der Waals surface area contributed by atoms with Crippen molar-refractivity contribution in [3.63, 3.8) is 0 Å². The zero-order chi connectivity index (χ0) is 18.7. The number of rotatable bonds is 5. The molecule has 1 heterocycles. The Morgan fingerprint density at radius 2 is 1.73 bits per heavy atom. The number of allylic oxidation sites excluding steroid dienone is 1. The lowest BCUT2D eigenvalue weighted by atomic mass is 10.1. The van der Waals surface area contributed by atoms with E-state index in [1.54, 1.807) is 42.2 Å². The molecular formula is C18H18N4O3S. The van der Waals surface area contributed by atoms with Crippen LogP contribution in [0.3, 0.4) is 0 Å². The lowest BCUT2D eigenvalue weighted by Crippen LogP contribution is -2.45. The van der Waals surface area contributed by atoms with Crippen molar-refractivity contribution in [1.82, 2.24) is 10.9 Å². The van der Waals surface area contributed by atoms with Crippen molar-refractivity contribution in [3.05, 3.63) is 72.4 Å². The molecule has 0 spiro atoms. The number of para-hydroxylation sites is 1. The summed E-state index contributed by atoms with van der Waals surface area (Å²) in [6.45, 7) is 5.24. The van der Waals surface area contributed by atoms with Gasteiger partial charge in [0.15, 0.2) is 5.84 Å². The zero-order valence-corrected chi connectivity index (χ0v) is 15.0. The third-order valence-electron chi connectivity index (χ3n) is 3.65. The second kappa shape index (κ2) is 7.01. The molecule has 0 aliphatic carbocycles. The zero-order valence-electron chi connectivity index (χ0n) is 14.1. The van der Waals surface area contributed by atoms with Gasteiger partial charge in [0.05, 0.1) is 0 Å². The van der Waals surface area contributed by atoms with Crippen LogP contribution in [0.5, 0.6) is 0 Å². The Hall–Kier alpha value is -3.13. The number of amides is 1. The van der Waals surface area contributed by atoms with Gasteiger partial charge in [0.2, 0.25) is 0 Å². The van der Waals surface area contributed by atoms with Gasteiger partial charge in [0, 0.05) is 16.9 Å². The summed E-state index contributed by atoms with van der Waals surface area (Å²) in [6.07, 6.45) is 0. The molecular weight excluding hydrogens is 352 g/mol. The largest absolute Gasteiger partial charge is 0.316 e. The molecule has 134 valence electrons. The fourth-order valence-corrected chi connectivity index (χ4v) is 3.75. The molecule has 0 bridgehead atoms. The van der Waals surface area contributed by atoms with E-state index in [0.717, 1.165) is 0 Å². The summed E-state index contributed by atoms with van der Waals surface area (Å²) in [7, 11) is -3.78. The minimum Gasteiger partial charge on any atom is -0.316 e. The minimum atomic E-state index is -3.78. The van der Waals surface area contributed by atoms with Crippen LogP contribution in [0, 0.1) is 0 Å². The fraction of sp³-hybridized carbons (Fsp3) is 0.111. The molecule has 1 aliphatic heterocycles. The molecule has 0 saturated carbocycles. The van der Waals surface area contributed by atoms with Gasteiger partial charge in [-0.25, -0.2) is 0 Å². The van der Waals surface area contributed by atoms with Gasteiger partial charge in [0.1, 0.15) is 11.4 Å². The van der Waals surface area contributed by atoms with Crippen LogP contribution in [0.4, 0.5) is 5.69 Å². The van der Waals surface area contributed by atoms with E-state index in [-0.39, 0.29) is 23.2 Å². The molecule has 2 N–H and O–H groups in total. The Morgan fingerprint density at radius 3 is 2.42 bits per heavy atom. The topological polar surface area (TPSA) is 90.9 Å². The highest BCUT2D eigenvalue weighted by Gasteiger charge is 2.32. The summed E-state index contributed by atoms with van der Waals surface area (Å²) in [4.78, 5) is 14.0. The van der Waals surface area contributed by atoms with Crippen molar-refractivity contribution in [3.8, 4) is 0 Å². The number of amidine groups is 1. The quantitative estimate of drug-likeness (QED) is 0.783. The SMILES string of the molecule is C=C(C)NNC(=O)CN(C1=NS(=O)(=O)c2ccccc21)c1ccccc1. The average Bonchev–Trinajstić information content (AvgIpc) is 2.90. The van der Waals surface area contributed by atoms with Crippen LogP contribution in [0.25, 0.3) is 0 Å². The van der Waals surface area contributed by atoms with Crippen LogP contribution in [0.15, 0.2) is 76.2 Å². The number of fused-ring (bicyclic) bond motifs is 1. The normalized spacial score (nSPS) is 14.1. The van der Waals surface area contributed by atoms with E-state index >= 15 is 0 Å². The number of anilines is 1. The molecule has 8 heteroatoms. The summed E-state index contributed by atoms with van der Waals surface area (Å²) in [5, 5.41) is 0. The monoisotopic (exact) mass is 370 g/mol. The Morgan fingerprint density at radius 1 is 1.08 bits per heavy atom. The standard InChI is InChI=1S/C18H18N4O3S/c1-13(2)19-20-17(23)12-22(14-8-4-3-5-9-14)18-15-10-6-7-11-16(15)26(24,25)21-18/h3-11,19H,1,12H2,2H3,(H,20,23). The minimum absolute atomic E-state index is 0.118. The maximum Gasteiger partial charge on any atom is 0.285 e. The van der Waals surface area contributed by atoms with E-state index in [1.165, 1.54) is 6.07 Å². The lowest BCUT2D eigenvalue weighted by molar-refractivity contribution is -0.120. The molecule has 0 radical (unpaired) electrons. The molecule has 3 rings (SSSR count). The number of sulfonamides is 1. The highest BCUT2D eigenvalue weighted by atomic mass is 32.2. The van der Waals surface area contributed by atoms with E-state index in [0.29, 0.717) is 16.9 Å². The van der Waals surface area contributed by atoms with Crippen LogP contribution in [-0.2, 0) is 14.8 Å². The highest BCUT2D eigenvalue weighted by Crippen LogP contribution is 2.29. The summed E-state index contributed by atoms with van der Waals surface area (Å²) in [5.41, 5.74) is 6.87. The number of nitrogens with zero attached hydrogens (tertiary/aromatic N) is 2. The highest BCUT2D eigenvalue weighted by molar-refractivity contribution is 7.90.